The van der Waals surface area contributed by atoms with Crippen LogP contribution in [0.3, 0.4) is 0 Å². The van der Waals surface area contributed by atoms with Crippen molar-refractivity contribution in [2.24, 2.45) is 0 Å². The highest BCUT2D eigenvalue weighted by atomic mass is 32.2. The number of piperazine rings is 1. The van der Waals surface area contributed by atoms with E-state index in [1.165, 1.54) is 0 Å². The number of nitrogens with zero attached hydrogens (tertiary/aromatic N) is 5. The van der Waals surface area contributed by atoms with Gasteiger partial charge in [-0.05, 0) is 49.2 Å². The fourth-order valence-corrected chi connectivity index (χ4v) is 5.88. The Morgan fingerprint density at radius 2 is 1.67 bits per heavy atom. The van der Waals surface area contributed by atoms with E-state index in [0.717, 1.165) is 39.3 Å². The lowest BCUT2D eigenvalue weighted by molar-refractivity contribution is -0.139. The molecule has 1 aromatic heterocycles. The molecule has 1 saturated heterocycles. The number of amides is 2. The van der Waals surface area contributed by atoms with Crippen LogP contribution < -0.4 is 4.74 Å². The first-order valence-electron chi connectivity index (χ1n) is 14.1. The van der Waals surface area contributed by atoms with Crippen molar-refractivity contribution < 1.29 is 14.3 Å². The molecule has 3 aromatic carbocycles. The molecule has 5 rings (SSSR count). The Balaban J connectivity index is 1.15. The maximum atomic E-state index is 13.0. The number of thioether (sulfide) groups is 1. The van der Waals surface area contributed by atoms with Crippen molar-refractivity contribution in [3.63, 3.8) is 0 Å². The van der Waals surface area contributed by atoms with E-state index in [2.05, 4.69) is 10.2 Å². The summed E-state index contributed by atoms with van der Waals surface area (Å²) in [7, 11) is 1.65. The monoisotopic (exact) mass is 581 g/mol. The zero-order valence-corrected chi connectivity index (χ0v) is 24.7. The third-order valence-electron chi connectivity index (χ3n) is 7.24. The second kappa shape index (κ2) is 14.0. The highest BCUT2D eigenvalue weighted by Crippen LogP contribution is 2.29. The molecule has 8 nitrogen and oxygen atoms in total. The van der Waals surface area contributed by atoms with Crippen LogP contribution in [-0.2, 0) is 9.59 Å². The summed E-state index contributed by atoms with van der Waals surface area (Å²) in [6, 6.07) is 27.6. The molecule has 216 valence electrons. The lowest BCUT2D eigenvalue weighted by atomic mass is 10.1. The molecule has 42 heavy (non-hydrogen) atoms. The Kier molecular flexibility index (Phi) is 9.71. The summed E-state index contributed by atoms with van der Waals surface area (Å²) in [6.07, 6.45) is 4.62. The summed E-state index contributed by atoms with van der Waals surface area (Å²) >= 11 is 1.59. The number of rotatable bonds is 10. The van der Waals surface area contributed by atoms with E-state index in [4.69, 9.17) is 4.74 Å². The summed E-state index contributed by atoms with van der Waals surface area (Å²) in [5.74, 6) is 2.37. The van der Waals surface area contributed by atoms with E-state index < -0.39 is 0 Å². The Morgan fingerprint density at radius 3 is 2.36 bits per heavy atom. The Labute approximate surface area is 251 Å². The molecule has 2 heterocycles. The zero-order valence-electron chi connectivity index (χ0n) is 23.9. The highest BCUT2D eigenvalue weighted by molar-refractivity contribution is 7.99. The van der Waals surface area contributed by atoms with Gasteiger partial charge in [-0.2, -0.15) is 0 Å². The van der Waals surface area contributed by atoms with Gasteiger partial charge in [-0.15, -0.1) is 10.2 Å². The fraction of sp³-hybridized carbons (Fsp3) is 0.273. The maximum absolute atomic E-state index is 13.0. The number of carbonyl (C=O) groups excluding carboxylic acids is 2. The van der Waals surface area contributed by atoms with Gasteiger partial charge in [-0.1, -0.05) is 72.4 Å². The quantitative estimate of drug-likeness (QED) is 0.138. The number of methoxy groups -OCH3 is 1. The molecule has 0 spiro atoms. The average Bonchev–Trinajstić information content (AvgIpc) is 3.46. The lowest BCUT2D eigenvalue weighted by Gasteiger charge is -2.39. The van der Waals surface area contributed by atoms with Crippen LogP contribution in [0.5, 0.6) is 5.75 Å². The van der Waals surface area contributed by atoms with Crippen LogP contribution in [0.2, 0.25) is 0 Å². The predicted molar refractivity (Wildman–Crippen MR) is 167 cm³/mol. The number of benzene rings is 3. The molecular formula is C33H35N5O3S. The van der Waals surface area contributed by atoms with Crippen molar-refractivity contribution in [3.05, 3.63) is 96.6 Å². The first kappa shape index (κ1) is 29.1. The molecule has 1 unspecified atom stereocenters. The van der Waals surface area contributed by atoms with Crippen LogP contribution in [0.1, 0.15) is 25.3 Å². The second-order valence-electron chi connectivity index (χ2n) is 10.1. The first-order valence-corrected chi connectivity index (χ1v) is 15.1. The van der Waals surface area contributed by atoms with E-state index >= 15 is 0 Å². The third-order valence-corrected chi connectivity index (χ3v) is 8.26. The van der Waals surface area contributed by atoms with Crippen molar-refractivity contribution >= 4 is 29.7 Å². The van der Waals surface area contributed by atoms with Crippen molar-refractivity contribution in [2.45, 2.75) is 31.0 Å². The SMILES string of the molecule is COc1ccc(-n2c(SCCCC(=O)N3CCN(C(=O)C=Cc4ccccc4)C(C)C3)nnc2-c2ccccc2)cc1. The van der Waals surface area contributed by atoms with Crippen LogP contribution in [0.4, 0.5) is 0 Å². The highest BCUT2D eigenvalue weighted by Gasteiger charge is 2.28. The van der Waals surface area contributed by atoms with E-state index in [-0.39, 0.29) is 17.9 Å². The minimum absolute atomic E-state index is 0.0225. The number of hydrogen-bond donors (Lipinski definition) is 0. The van der Waals surface area contributed by atoms with Gasteiger partial charge in [0.2, 0.25) is 11.8 Å². The topological polar surface area (TPSA) is 80.6 Å². The van der Waals surface area contributed by atoms with Crippen molar-refractivity contribution in [1.82, 2.24) is 24.6 Å². The summed E-state index contributed by atoms with van der Waals surface area (Å²) in [5.41, 5.74) is 2.91. The summed E-state index contributed by atoms with van der Waals surface area (Å²) in [4.78, 5) is 29.5. The van der Waals surface area contributed by atoms with E-state index in [0.29, 0.717) is 32.5 Å². The number of hydrogen-bond acceptors (Lipinski definition) is 6. The molecule has 1 fully saturated rings. The largest absolute Gasteiger partial charge is 0.497 e. The van der Waals surface area contributed by atoms with Gasteiger partial charge in [-0.3, -0.25) is 14.2 Å². The smallest absolute Gasteiger partial charge is 0.246 e. The number of aromatic nitrogens is 3. The average molecular weight is 582 g/mol. The van der Waals surface area contributed by atoms with Crippen LogP contribution in [-0.4, -0.2) is 74.9 Å². The molecule has 1 atom stereocenters. The number of ether oxygens (including phenoxy) is 1. The van der Waals surface area contributed by atoms with Gasteiger partial charge in [0.15, 0.2) is 11.0 Å². The van der Waals surface area contributed by atoms with E-state index in [9.17, 15) is 9.59 Å². The van der Waals surface area contributed by atoms with E-state index in [1.54, 1.807) is 24.9 Å². The van der Waals surface area contributed by atoms with Gasteiger partial charge in [0.1, 0.15) is 5.75 Å². The van der Waals surface area contributed by atoms with Gasteiger partial charge in [0.25, 0.3) is 0 Å². The van der Waals surface area contributed by atoms with Crippen molar-refractivity contribution in [2.75, 3.05) is 32.5 Å². The molecule has 9 heteroatoms. The fourth-order valence-electron chi connectivity index (χ4n) is 4.99. The minimum Gasteiger partial charge on any atom is -0.497 e. The Bertz CT molecular complexity index is 1510. The maximum Gasteiger partial charge on any atom is 0.246 e. The molecule has 0 radical (unpaired) electrons. The Morgan fingerprint density at radius 1 is 0.952 bits per heavy atom. The van der Waals surface area contributed by atoms with Gasteiger partial charge in [0, 0.05) is 55.2 Å². The molecule has 0 saturated carbocycles. The van der Waals surface area contributed by atoms with Gasteiger partial charge in [0.05, 0.1) is 7.11 Å². The molecule has 1 aliphatic rings. The van der Waals surface area contributed by atoms with Crippen molar-refractivity contribution in [3.8, 4) is 22.8 Å². The summed E-state index contributed by atoms with van der Waals surface area (Å²) < 4.78 is 7.38. The third kappa shape index (κ3) is 7.09. The molecular weight excluding hydrogens is 546 g/mol. The van der Waals surface area contributed by atoms with Gasteiger partial charge >= 0.3 is 0 Å². The molecule has 1 aliphatic heterocycles. The van der Waals surface area contributed by atoms with Crippen LogP contribution in [0.15, 0.2) is 96.2 Å². The zero-order chi connectivity index (χ0) is 29.3. The van der Waals surface area contributed by atoms with Crippen LogP contribution in [0.25, 0.3) is 23.2 Å². The number of carbonyl (C=O) groups is 2. The van der Waals surface area contributed by atoms with Crippen LogP contribution >= 0.6 is 11.8 Å². The predicted octanol–water partition coefficient (Wildman–Crippen LogP) is 5.59. The minimum atomic E-state index is -0.0375. The lowest BCUT2D eigenvalue weighted by Crippen LogP contribution is -2.55. The molecule has 2 amide bonds. The Hall–Kier alpha value is -4.37. The van der Waals surface area contributed by atoms with Crippen molar-refractivity contribution in [1.29, 1.82) is 0 Å². The molecule has 4 aromatic rings. The summed E-state index contributed by atoms with van der Waals surface area (Å²) in [5, 5.41) is 9.77. The first-order chi connectivity index (χ1) is 20.5. The molecule has 0 N–H and O–H groups in total. The molecule has 0 bridgehead atoms. The standard InChI is InChI=1S/C33H35N5O3S/c1-25-24-36(21-22-37(25)31(40)20-15-26-10-5-3-6-11-26)30(39)14-9-23-42-33-35-34-32(27-12-7-4-8-13-27)38(33)28-16-18-29(41-2)19-17-28/h3-8,10-13,15-20,25H,9,14,21-24H2,1-2H3. The second-order valence-corrected chi connectivity index (χ2v) is 11.2. The van der Waals surface area contributed by atoms with Gasteiger partial charge < -0.3 is 14.5 Å². The van der Waals surface area contributed by atoms with Crippen LogP contribution in [0, 0.1) is 0 Å². The van der Waals surface area contributed by atoms with Gasteiger partial charge in [-0.25, -0.2) is 0 Å². The van der Waals surface area contributed by atoms with E-state index in [1.807, 2.05) is 112 Å². The summed E-state index contributed by atoms with van der Waals surface area (Å²) in [6.45, 7) is 3.63. The normalized spacial score (nSPS) is 15.2. The molecule has 0 aliphatic carbocycles.